The maximum atomic E-state index is 12.3. The van der Waals surface area contributed by atoms with E-state index in [1.807, 2.05) is 21.1 Å². The number of quaternary nitrogens is 1. The number of carbonyl (C=O) groups excluding carboxylic acids is 1. The molecule has 268 valence electrons. The van der Waals surface area contributed by atoms with Crippen LogP contribution in [0.2, 0.25) is 0 Å². The lowest BCUT2D eigenvalue weighted by Crippen LogP contribution is -2.37. The fraction of sp³-hybridized carbons (Fsp3) is 0.917. The average molecular weight is 663 g/mol. The number of hydrogen-bond donors (Lipinski definition) is 1. The van der Waals surface area contributed by atoms with Gasteiger partial charge in [0.15, 0.2) is 0 Å². The van der Waals surface area contributed by atoms with Crippen LogP contribution >= 0.6 is 7.82 Å². The van der Waals surface area contributed by atoms with Crippen molar-refractivity contribution in [3.05, 3.63) is 12.2 Å². The molecule has 0 aliphatic rings. The molecule has 0 saturated carbocycles. The lowest BCUT2D eigenvalue weighted by molar-refractivity contribution is -0.870. The largest absolute Gasteiger partial charge is 0.472 e. The van der Waals surface area contributed by atoms with E-state index in [2.05, 4.69) is 26.0 Å². The number of carbonyl (C=O) groups is 1. The fourth-order valence-electron chi connectivity index (χ4n) is 4.90. The Labute approximate surface area is 278 Å². The smallest absolute Gasteiger partial charge is 0.457 e. The molecule has 9 heteroatoms. The van der Waals surface area contributed by atoms with Gasteiger partial charge in [-0.15, -0.1) is 0 Å². The number of unbranched alkanes of at least 4 members (excludes halogenated alkanes) is 18. The second kappa shape index (κ2) is 30.6. The second-order valence-corrected chi connectivity index (χ2v) is 15.1. The molecule has 8 nitrogen and oxygen atoms in total. The second-order valence-electron chi connectivity index (χ2n) is 13.6. The van der Waals surface area contributed by atoms with Gasteiger partial charge in [0.25, 0.3) is 0 Å². The molecule has 0 aromatic carbocycles. The van der Waals surface area contributed by atoms with E-state index in [1.54, 1.807) is 0 Å². The van der Waals surface area contributed by atoms with Crippen molar-refractivity contribution in [2.75, 3.05) is 54.1 Å². The Kier molecular flexibility index (Phi) is 30.0. The van der Waals surface area contributed by atoms with Gasteiger partial charge in [-0.1, -0.05) is 122 Å². The van der Waals surface area contributed by atoms with Gasteiger partial charge in [0.05, 0.1) is 34.4 Å². The summed E-state index contributed by atoms with van der Waals surface area (Å²) in [7, 11) is 1.67. The molecule has 0 aromatic heterocycles. The molecule has 1 N–H and O–H groups in total. The summed E-state index contributed by atoms with van der Waals surface area (Å²) in [5.41, 5.74) is 0. The molecule has 0 aliphatic carbocycles. The van der Waals surface area contributed by atoms with E-state index < -0.39 is 13.9 Å². The number of allylic oxidation sites excluding steroid dienone is 2. The van der Waals surface area contributed by atoms with Crippen LogP contribution < -0.4 is 0 Å². The topological polar surface area (TPSA) is 91.3 Å². The Morgan fingerprint density at radius 1 is 0.667 bits per heavy atom. The standard InChI is InChI=1S/C36H72NO7P/c1-6-8-10-12-13-14-15-16-17-18-19-20-21-22-23-24-25-26-28-31-41-33-35(44-36(38)29-27-11-9-7-2)34-43-45(39,40)42-32-30-37(3,4)5/h17-18,35H,6-16,19-34H2,1-5H3/p+1/b18-17-. The zero-order chi connectivity index (χ0) is 33.5. The first-order valence-electron chi connectivity index (χ1n) is 18.4. The summed E-state index contributed by atoms with van der Waals surface area (Å²) in [6.45, 7) is 5.50. The third kappa shape index (κ3) is 34.4. The van der Waals surface area contributed by atoms with Gasteiger partial charge >= 0.3 is 13.8 Å². The number of ether oxygens (including phenoxy) is 2. The highest BCUT2D eigenvalue weighted by Gasteiger charge is 2.26. The number of esters is 1. The fourth-order valence-corrected chi connectivity index (χ4v) is 5.64. The Morgan fingerprint density at radius 2 is 1.16 bits per heavy atom. The van der Waals surface area contributed by atoms with Gasteiger partial charge in [0, 0.05) is 13.0 Å². The van der Waals surface area contributed by atoms with Gasteiger partial charge in [-0.2, -0.15) is 0 Å². The highest BCUT2D eigenvalue weighted by Crippen LogP contribution is 2.43. The summed E-state index contributed by atoms with van der Waals surface area (Å²) >= 11 is 0. The van der Waals surface area contributed by atoms with E-state index in [0.717, 1.165) is 38.5 Å². The van der Waals surface area contributed by atoms with Crippen molar-refractivity contribution in [2.24, 2.45) is 0 Å². The Balaban J connectivity index is 4.01. The maximum absolute atomic E-state index is 12.3. The van der Waals surface area contributed by atoms with Gasteiger partial charge in [-0.25, -0.2) is 4.57 Å². The first-order valence-corrected chi connectivity index (χ1v) is 19.9. The number of nitrogens with zero attached hydrogens (tertiary/aromatic N) is 1. The van der Waals surface area contributed by atoms with Crippen molar-refractivity contribution in [1.29, 1.82) is 0 Å². The normalized spacial score (nSPS) is 14.2. The molecular weight excluding hydrogens is 589 g/mol. The SMILES string of the molecule is CCCCCCCCC/C=C\CCCCCCCCCCOCC(COP(=O)(O)OCC[N+](C)(C)C)OC(=O)CCCCCC. The Morgan fingerprint density at radius 3 is 1.69 bits per heavy atom. The van der Waals surface area contributed by atoms with Gasteiger partial charge in [-0.05, 0) is 38.5 Å². The minimum absolute atomic E-state index is 0.0897. The molecule has 2 atom stereocenters. The average Bonchev–Trinajstić information content (AvgIpc) is 2.98. The van der Waals surface area contributed by atoms with E-state index in [9.17, 15) is 14.3 Å². The lowest BCUT2D eigenvalue weighted by atomic mass is 10.1. The molecule has 0 amide bonds. The number of phosphoric ester groups is 1. The molecule has 0 aliphatic heterocycles. The van der Waals surface area contributed by atoms with E-state index in [-0.39, 0.29) is 25.8 Å². The predicted molar refractivity (Wildman–Crippen MR) is 187 cm³/mol. The summed E-state index contributed by atoms with van der Waals surface area (Å²) in [4.78, 5) is 22.4. The van der Waals surface area contributed by atoms with Crippen LogP contribution in [-0.2, 0) is 27.9 Å². The lowest BCUT2D eigenvalue weighted by Gasteiger charge is -2.24. The summed E-state index contributed by atoms with van der Waals surface area (Å²) in [5, 5.41) is 0. The van der Waals surface area contributed by atoms with Crippen molar-refractivity contribution in [3.8, 4) is 0 Å². The van der Waals surface area contributed by atoms with E-state index in [4.69, 9.17) is 18.5 Å². The van der Waals surface area contributed by atoms with Gasteiger partial charge in [-0.3, -0.25) is 13.8 Å². The van der Waals surface area contributed by atoms with Gasteiger partial charge in [0.2, 0.25) is 0 Å². The van der Waals surface area contributed by atoms with Gasteiger partial charge in [0.1, 0.15) is 19.3 Å². The van der Waals surface area contributed by atoms with Crippen LogP contribution in [0.5, 0.6) is 0 Å². The van der Waals surface area contributed by atoms with Crippen LogP contribution in [0.25, 0.3) is 0 Å². The third-order valence-electron chi connectivity index (χ3n) is 7.83. The van der Waals surface area contributed by atoms with Crippen molar-refractivity contribution in [1.82, 2.24) is 0 Å². The van der Waals surface area contributed by atoms with E-state index >= 15 is 0 Å². The summed E-state index contributed by atoms with van der Waals surface area (Å²) in [6.07, 6.45) is 30.1. The molecular formula is C36H73NO7P+. The number of hydrogen-bond acceptors (Lipinski definition) is 6. The minimum atomic E-state index is -4.25. The molecule has 2 unspecified atom stereocenters. The molecule has 0 bridgehead atoms. The number of phosphoric acid groups is 1. The monoisotopic (exact) mass is 663 g/mol. The zero-order valence-corrected chi connectivity index (χ0v) is 31.0. The number of rotatable bonds is 34. The first-order chi connectivity index (χ1) is 21.6. The van der Waals surface area contributed by atoms with Crippen molar-refractivity contribution in [2.45, 2.75) is 161 Å². The highest BCUT2D eigenvalue weighted by atomic mass is 31.2. The van der Waals surface area contributed by atoms with E-state index in [0.29, 0.717) is 24.1 Å². The zero-order valence-electron chi connectivity index (χ0n) is 30.1. The van der Waals surface area contributed by atoms with Crippen LogP contribution in [0.1, 0.15) is 155 Å². The summed E-state index contributed by atoms with van der Waals surface area (Å²) < 4.78 is 34.5. The van der Waals surface area contributed by atoms with Crippen molar-refractivity contribution in [3.63, 3.8) is 0 Å². The van der Waals surface area contributed by atoms with Crippen LogP contribution in [0.15, 0.2) is 12.2 Å². The van der Waals surface area contributed by atoms with Crippen molar-refractivity contribution < 1.29 is 37.3 Å². The molecule has 0 aromatic rings. The third-order valence-corrected chi connectivity index (χ3v) is 8.81. The Hall–Kier alpha value is -0.760. The molecule has 0 spiro atoms. The molecule has 0 fully saturated rings. The van der Waals surface area contributed by atoms with Crippen LogP contribution in [0.3, 0.4) is 0 Å². The van der Waals surface area contributed by atoms with Crippen LogP contribution in [-0.4, -0.2) is 75.6 Å². The maximum Gasteiger partial charge on any atom is 0.472 e. The number of likely N-dealkylation sites (N-methyl/N-ethyl adjacent to an activating group) is 1. The van der Waals surface area contributed by atoms with Crippen LogP contribution in [0, 0.1) is 0 Å². The van der Waals surface area contributed by atoms with E-state index in [1.165, 1.54) is 96.3 Å². The van der Waals surface area contributed by atoms with Crippen molar-refractivity contribution >= 4 is 13.8 Å². The summed E-state index contributed by atoms with van der Waals surface area (Å²) in [6, 6.07) is 0. The Bertz CT molecular complexity index is 741. The van der Waals surface area contributed by atoms with Crippen LogP contribution in [0.4, 0.5) is 0 Å². The summed E-state index contributed by atoms with van der Waals surface area (Å²) in [5.74, 6) is -0.332. The molecule has 0 radical (unpaired) electrons. The van der Waals surface area contributed by atoms with Gasteiger partial charge < -0.3 is 18.9 Å². The molecule has 0 rings (SSSR count). The molecule has 0 heterocycles. The minimum Gasteiger partial charge on any atom is -0.457 e. The highest BCUT2D eigenvalue weighted by molar-refractivity contribution is 7.47. The predicted octanol–water partition coefficient (Wildman–Crippen LogP) is 9.93. The molecule has 0 saturated heterocycles. The first kappa shape index (κ1) is 44.2. The molecule has 45 heavy (non-hydrogen) atoms. The quantitative estimate of drug-likeness (QED) is 0.0241.